The number of benzene rings is 1. The Hall–Kier alpha value is -1.82. The molecule has 0 saturated heterocycles. The van der Waals surface area contributed by atoms with Gasteiger partial charge in [0.25, 0.3) is 0 Å². The first kappa shape index (κ1) is 6.86. The molecule has 0 saturated carbocycles. The van der Waals surface area contributed by atoms with E-state index in [1.54, 1.807) is 16.9 Å². The fourth-order valence-electron chi connectivity index (χ4n) is 1.22. The number of nitrogens with zero attached hydrogens (tertiary/aromatic N) is 3. The van der Waals surface area contributed by atoms with Gasteiger partial charge in [0.15, 0.2) is 5.69 Å². The second kappa shape index (κ2) is 2.35. The molecule has 0 atom stereocenters. The van der Waals surface area contributed by atoms with Crippen LogP contribution in [0.25, 0.3) is 15.7 Å². The molecule has 0 spiro atoms. The highest BCUT2D eigenvalue weighted by Crippen LogP contribution is 2.19. The zero-order valence-corrected chi connectivity index (χ0v) is 6.65. The lowest BCUT2D eigenvalue weighted by Gasteiger charge is -1.92. The summed E-state index contributed by atoms with van der Waals surface area (Å²) in [6.07, 6.45) is 1.77. The lowest BCUT2D eigenvalue weighted by atomic mass is 10.2. The second-order valence-corrected chi connectivity index (χ2v) is 2.62. The molecule has 3 nitrogen and oxygen atoms in total. The molecule has 1 heterocycles. The minimum atomic E-state index is 0.663. The summed E-state index contributed by atoms with van der Waals surface area (Å²) in [5, 5.41) is 5.10. The number of aromatic nitrogens is 2. The van der Waals surface area contributed by atoms with Crippen LogP contribution in [0.2, 0.25) is 0 Å². The summed E-state index contributed by atoms with van der Waals surface area (Å²) in [5.41, 5.74) is 1.72. The first-order valence-electron chi connectivity index (χ1n) is 3.60. The molecule has 12 heavy (non-hydrogen) atoms. The number of rotatable bonds is 0. The molecule has 0 unspecified atom stereocenters. The molecule has 3 heteroatoms. The Labute approximate surface area is 70.1 Å². The maximum absolute atomic E-state index is 6.82. The van der Waals surface area contributed by atoms with Crippen molar-refractivity contribution in [3.63, 3.8) is 0 Å². The van der Waals surface area contributed by atoms with Gasteiger partial charge in [-0.15, -0.1) is 0 Å². The number of hydrogen-bond donors (Lipinski definition) is 0. The van der Waals surface area contributed by atoms with Crippen molar-refractivity contribution in [1.82, 2.24) is 9.78 Å². The third-order valence-corrected chi connectivity index (χ3v) is 1.86. The summed E-state index contributed by atoms with van der Waals surface area (Å²) >= 11 is 0. The molecule has 1 aromatic carbocycles. The van der Waals surface area contributed by atoms with Gasteiger partial charge in [0.2, 0.25) is 0 Å². The third-order valence-electron chi connectivity index (χ3n) is 1.86. The quantitative estimate of drug-likeness (QED) is 0.537. The van der Waals surface area contributed by atoms with E-state index in [4.69, 9.17) is 6.57 Å². The van der Waals surface area contributed by atoms with Crippen LogP contribution in [-0.4, -0.2) is 9.78 Å². The Balaban J connectivity index is 2.80. The average molecular weight is 157 g/mol. The molecule has 0 aliphatic rings. The smallest absolute Gasteiger partial charge is 0.188 e. The van der Waals surface area contributed by atoms with Gasteiger partial charge in [-0.05, 0) is 12.1 Å². The van der Waals surface area contributed by atoms with E-state index in [1.807, 2.05) is 19.2 Å². The Morgan fingerprint density at radius 3 is 3.08 bits per heavy atom. The van der Waals surface area contributed by atoms with Crippen LogP contribution >= 0.6 is 0 Å². The molecule has 0 bridgehead atoms. The molecular weight excluding hydrogens is 150 g/mol. The monoisotopic (exact) mass is 157 g/mol. The standard InChI is InChI=1S/C9H7N3/c1-10-8-3-4-9-7(5-8)6-11-12(9)2/h3-6H,2H3. The van der Waals surface area contributed by atoms with Crippen molar-refractivity contribution in [2.45, 2.75) is 0 Å². The van der Waals surface area contributed by atoms with E-state index in [0.29, 0.717) is 5.69 Å². The van der Waals surface area contributed by atoms with Crippen molar-refractivity contribution in [2.75, 3.05) is 0 Å². The minimum absolute atomic E-state index is 0.663. The summed E-state index contributed by atoms with van der Waals surface area (Å²) < 4.78 is 1.79. The van der Waals surface area contributed by atoms with Crippen LogP contribution in [0.15, 0.2) is 24.4 Å². The SMILES string of the molecule is [C-]#[N+]c1ccc2c(cnn2C)c1. The zero-order chi connectivity index (χ0) is 8.55. The van der Waals surface area contributed by atoms with Crippen molar-refractivity contribution in [1.29, 1.82) is 0 Å². The normalized spacial score (nSPS) is 10.0. The fourth-order valence-corrected chi connectivity index (χ4v) is 1.22. The Bertz CT molecular complexity index is 462. The molecule has 0 N–H and O–H groups in total. The van der Waals surface area contributed by atoms with E-state index in [-0.39, 0.29) is 0 Å². The summed E-state index contributed by atoms with van der Waals surface area (Å²) in [5.74, 6) is 0. The van der Waals surface area contributed by atoms with E-state index in [1.165, 1.54) is 0 Å². The van der Waals surface area contributed by atoms with Crippen LogP contribution in [0.4, 0.5) is 5.69 Å². The van der Waals surface area contributed by atoms with Crippen molar-refractivity contribution in [3.8, 4) is 0 Å². The molecule has 2 aromatic rings. The van der Waals surface area contributed by atoms with Crippen molar-refractivity contribution >= 4 is 16.6 Å². The van der Waals surface area contributed by atoms with E-state index in [9.17, 15) is 0 Å². The second-order valence-electron chi connectivity index (χ2n) is 2.62. The van der Waals surface area contributed by atoms with Gasteiger partial charge in [0.1, 0.15) is 0 Å². The topological polar surface area (TPSA) is 22.2 Å². The molecule has 0 amide bonds. The lowest BCUT2D eigenvalue weighted by molar-refractivity contribution is 0.797. The van der Waals surface area contributed by atoms with Crippen LogP contribution in [0.3, 0.4) is 0 Å². The summed E-state index contributed by atoms with van der Waals surface area (Å²) in [6.45, 7) is 6.82. The molecular formula is C9H7N3. The highest BCUT2D eigenvalue weighted by Gasteiger charge is 1.98. The number of hydrogen-bond acceptors (Lipinski definition) is 1. The fraction of sp³-hybridized carbons (Fsp3) is 0.111. The molecule has 58 valence electrons. The van der Waals surface area contributed by atoms with Gasteiger partial charge in [0.05, 0.1) is 18.3 Å². The van der Waals surface area contributed by atoms with Gasteiger partial charge in [-0.25, -0.2) is 4.85 Å². The number of fused-ring (bicyclic) bond motifs is 1. The van der Waals surface area contributed by atoms with Gasteiger partial charge in [-0.2, -0.15) is 5.10 Å². The molecule has 2 rings (SSSR count). The third kappa shape index (κ3) is 0.857. The summed E-state index contributed by atoms with van der Waals surface area (Å²) in [4.78, 5) is 3.34. The van der Waals surface area contributed by atoms with E-state index in [2.05, 4.69) is 9.94 Å². The van der Waals surface area contributed by atoms with Crippen LogP contribution in [0, 0.1) is 6.57 Å². The van der Waals surface area contributed by atoms with E-state index >= 15 is 0 Å². The Kier molecular flexibility index (Phi) is 1.34. The molecule has 0 radical (unpaired) electrons. The number of aryl methyl sites for hydroxylation is 1. The van der Waals surface area contributed by atoms with Crippen LogP contribution in [-0.2, 0) is 7.05 Å². The van der Waals surface area contributed by atoms with Gasteiger partial charge in [-0.1, -0.05) is 6.07 Å². The lowest BCUT2D eigenvalue weighted by Crippen LogP contribution is -1.87. The highest BCUT2D eigenvalue weighted by molar-refractivity contribution is 5.82. The van der Waals surface area contributed by atoms with Gasteiger partial charge in [0, 0.05) is 12.4 Å². The molecule has 0 aliphatic heterocycles. The van der Waals surface area contributed by atoms with Crippen molar-refractivity contribution < 1.29 is 0 Å². The summed E-state index contributed by atoms with van der Waals surface area (Å²) in [6, 6.07) is 5.56. The highest BCUT2D eigenvalue weighted by atomic mass is 15.2. The van der Waals surface area contributed by atoms with Crippen LogP contribution < -0.4 is 0 Å². The minimum Gasteiger partial charge on any atom is -0.268 e. The maximum Gasteiger partial charge on any atom is 0.188 e. The zero-order valence-electron chi connectivity index (χ0n) is 6.65. The predicted octanol–water partition coefficient (Wildman–Crippen LogP) is 2.12. The Morgan fingerprint density at radius 2 is 2.33 bits per heavy atom. The molecule has 0 aliphatic carbocycles. The van der Waals surface area contributed by atoms with E-state index < -0.39 is 0 Å². The van der Waals surface area contributed by atoms with Gasteiger partial charge < -0.3 is 0 Å². The molecule has 1 aromatic heterocycles. The van der Waals surface area contributed by atoms with Gasteiger partial charge >= 0.3 is 0 Å². The van der Waals surface area contributed by atoms with Gasteiger partial charge in [-0.3, -0.25) is 4.68 Å². The Morgan fingerprint density at radius 1 is 1.50 bits per heavy atom. The largest absolute Gasteiger partial charge is 0.268 e. The van der Waals surface area contributed by atoms with Crippen LogP contribution in [0.1, 0.15) is 0 Å². The summed E-state index contributed by atoms with van der Waals surface area (Å²) in [7, 11) is 1.89. The van der Waals surface area contributed by atoms with E-state index in [0.717, 1.165) is 10.9 Å². The van der Waals surface area contributed by atoms with Crippen LogP contribution in [0.5, 0.6) is 0 Å². The first-order valence-corrected chi connectivity index (χ1v) is 3.60. The van der Waals surface area contributed by atoms with Crippen molar-refractivity contribution in [2.24, 2.45) is 7.05 Å². The predicted molar refractivity (Wildman–Crippen MR) is 47.0 cm³/mol. The van der Waals surface area contributed by atoms with Crippen molar-refractivity contribution in [3.05, 3.63) is 35.8 Å². The first-order chi connectivity index (χ1) is 5.81. The molecule has 0 fully saturated rings. The average Bonchev–Trinajstić information content (AvgIpc) is 2.47. The maximum atomic E-state index is 6.82.